The number of alkyl halides is 1. The smallest absolute Gasteiger partial charge is 0.0693 e. The lowest BCUT2D eigenvalue weighted by molar-refractivity contribution is 0.281. The van der Waals surface area contributed by atoms with E-state index in [2.05, 4.69) is 22.0 Å². The molecule has 0 aliphatic heterocycles. The van der Waals surface area contributed by atoms with Crippen LogP contribution in [0.15, 0.2) is 22.7 Å². The number of thiophene rings is 1. The fourth-order valence-corrected chi connectivity index (χ4v) is 3.15. The standard InChI is InChI=1S/C10H8BrClOS/c11-9-3-10-6(1-7(9)5-13)2-8(4-12)14-10/h1-3,13H,4-5H2. The molecule has 0 saturated heterocycles. The SMILES string of the molecule is OCc1cc2cc(CCl)sc2cc1Br. The van der Waals surface area contributed by atoms with Gasteiger partial charge in [0.05, 0.1) is 12.5 Å². The van der Waals surface area contributed by atoms with Gasteiger partial charge in [-0.3, -0.25) is 0 Å². The summed E-state index contributed by atoms with van der Waals surface area (Å²) in [5.74, 6) is 0.547. The molecule has 1 aromatic heterocycles. The molecule has 0 aliphatic carbocycles. The van der Waals surface area contributed by atoms with Crippen LogP contribution in [-0.2, 0) is 12.5 Å². The van der Waals surface area contributed by atoms with E-state index < -0.39 is 0 Å². The van der Waals surface area contributed by atoms with E-state index in [1.54, 1.807) is 11.3 Å². The lowest BCUT2D eigenvalue weighted by Crippen LogP contribution is -1.83. The molecule has 1 aromatic carbocycles. The molecule has 0 radical (unpaired) electrons. The molecular weight excluding hydrogens is 284 g/mol. The van der Waals surface area contributed by atoms with Gasteiger partial charge in [0.15, 0.2) is 0 Å². The quantitative estimate of drug-likeness (QED) is 0.832. The molecule has 2 aromatic rings. The first-order valence-corrected chi connectivity index (χ1v) is 6.26. The van der Waals surface area contributed by atoms with Crippen molar-refractivity contribution in [2.24, 2.45) is 0 Å². The molecule has 0 saturated carbocycles. The Labute approximate surface area is 99.4 Å². The third-order valence-electron chi connectivity index (χ3n) is 2.04. The first kappa shape index (κ1) is 10.4. The number of hydrogen-bond donors (Lipinski definition) is 1. The summed E-state index contributed by atoms with van der Waals surface area (Å²) in [5, 5.41) is 10.2. The van der Waals surface area contributed by atoms with Crippen molar-refractivity contribution in [3.8, 4) is 0 Å². The van der Waals surface area contributed by atoms with Crippen LogP contribution in [0.2, 0.25) is 0 Å². The van der Waals surface area contributed by atoms with E-state index in [4.69, 9.17) is 16.7 Å². The topological polar surface area (TPSA) is 20.2 Å². The Bertz CT molecular complexity index is 466. The van der Waals surface area contributed by atoms with Crippen LogP contribution in [0.5, 0.6) is 0 Å². The van der Waals surface area contributed by atoms with Gasteiger partial charge in [-0.1, -0.05) is 15.9 Å². The third kappa shape index (κ3) is 1.82. The van der Waals surface area contributed by atoms with Crippen molar-refractivity contribution in [1.29, 1.82) is 0 Å². The van der Waals surface area contributed by atoms with E-state index >= 15 is 0 Å². The maximum Gasteiger partial charge on any atom is 0.0693 e. The highest BCUT2D eigenvalue weighted by atomic mass is 79.9. The van der Waals surface area contributed by atoms with Crippen molar-refractivity contribution in [2.45, 2.75) is 12.5 Å². The van der Waals surface area contributed by atoms with E-state index in [0.717, 1.165) is 20.3 Å². The molecule has 0 unspecified atom stereocenters. The fraction of sp³-hybridized carbons (Fsp3) is 0.200. The van der Waals surface area contributed by atoms with Crippen LogP contribution < -0.4 is 0 Å². The zero-order valence-electron chi connectivity index (χ0n) is 7.26. The Balaban J connectivity index is 2.64. The Morgan fingerprint density at radius 1 is 1.36 bits per heavy atom. The Hall–Kier alpha value is -0.0900. The van der Waals surface area contributed by atoms with Crippen LogP contribution in [0.3, 0.4) is 0 Å². The van der Waals surface area contributed by atoms with Gasteiger partial charge in [0.25, 0.3) is 0 Å². The van der Waals surface area contributed by atoms with E-state index in [9.17, 15) is 0 Å². The average Bonchev–Trinajstić information content (AvgIpc) is 2.58. The molecule has 0 fully saturated rings. The van der Waals surface area contributed by atoms with Crippen molar-refractivity contribution in [3.05, 3.63) is 33.1 Å². The summed E-state index contributed by atoms with van der Waals surface area (Å²) in [5.41, 5.74) is 0.913. The average molecular weight is 292 g/mol. The molecule has 0 aliphatic rings. The molecular formula is C10H8BrClOS. The lowest BCUT2D eigenvalue weighted by atomic mass is 10.2. The molecule has 0 atom stereocenters. The van der Waals surface area contributed by atoms with Crippen LogP contribution in [0, 0.1) is 0 Å². The van der Waals surface area contributed by atoms with Gasteiger partial charge in [-0.05, 0) is 29.1 Å². The van der Waals surface area contributed by atoms with E-state index in [1.165, 1.54) is 4.70 Å². The van der Waals surface area contributed by atoms with Crippen LogP contribution in [-0.4, -0.2) is 5.11 Å². The summed E-state index contributed by atoms with van der Waals surface area (Å²) >= 11 is 10.9. The van der Waals surface area contributed by atoms with Crippen LogP contribution in [0.1, 0.15) is 10.4 Å². The molecule has 1 heterocycles. The van der Waals surface area contributed by atoms with Crippen molar-refractivity contribution < 1.29 is 5.11 Å². The van der Waals surface area contributed by atoms with Crippen molar-refractivity contribution in [3.63, 3.8) is 0 Å². The van der Waals surface area contributed by atoms with Gasteiger partial charge in [-0.2, -0.15) is 0 Å². The second-order valence-electron chi connectivity index (χ2n) is 2.99. The number of aliphatic hydroxyl groups is 1. The summed E-state index contributed by atoms with van der Waals surface area (Å²) < 4.78 is 2.15. The molecule has 1 N–H and O–H groups in total. The highest BCUT2D eigenvalue weighted by molar-refractivity contribution is 9.10. The molecule has 0 bridgehead atoms. The predicted molar refractivity (Wildman–Crippen MR) is 65.0 cm³/mol. The van der Waals surface area contributed by atoms with Crippen LogP contribution in [0.25, 0.3) is 10.1 Å². The van der Waals surface area contributed by atoms with Gasteiger partial charge < -0.3 is 5.11 Å². The number of rotatable bonds is 2. The van der Waals surface area contributed by atoms with E-state index in [-0.39, 0.29) is 6.61 Å². The number of aliphatic hydroxyl groups excluding tert-OH is 1. The normalized spacial score (nSPS) is 11.1. The first-order valence-electron chi connectivity index (χ1n) is 4.12. The first-order chi connectivity index (χ1) is 6.74. The van der Waals surface area contributed by atoms with Crippen molar-refractivity contribution in [2.75, 3.05) is 0 Å². The molecule has 4 heteroatoms. The summed E-state index contributed by atoms with van der Waals surface area (Å²) in [6.45, 7) is 0.0581. The summed E-state index contributed by atoms with van der Waals surface area (Å²) in [7, 11) is 0. The second-order valence-corrected chi connectivity index (χ2v) is 5.28. The molecule has 1 nitrogen and oxygen atoms in total. The van der Waals surface area contributed by atoms with Gasteiger partial charge in [-0.15, -0.1) is 22.9 Å². The largest absolute Gasteiger partial charge is 0.392 e. The van der Waals surface area contributed by atoms with Crippen LogP contribution >= 0.6 is 38.9 Å². The predicted octanol–water partition coefficient (Wildman–Crippen LogP) is 3.89. The number of benzene rings is 1. The van der Waals surface area contributed by atoms with Gasteiger partial charge in [0.1, 0.15) is 0 Å². The second kappa shape index (κ2) is 4.19. The number of halogens is 2. The zero-order valence-corrected chi connectivity index (χ0v) is 10.4. The Morgan fingerprint density at radius 3 is 2.79 bits per heavy atom. The van der Waals surface area contributed by atoms with Gasteiger partial charge >= 0.3 is 0 Å². The Kier molecular flexibility index (Phi) is 3.12. The maximum absolute atomic E-state index is 9.09. The third-order valence-corrected chi connectivity index (χ3v) is 4.32. The zero-order chi connectivity index (χ0) is 10.1. The summed E-state index contributed by atoms with van der Waals surface area (Å²) in [6, 6.07) is 6.09. The lowest BCUT2D eigenvalue weighted by Gasteiger charge is -1.99. The monoisotopic (exact) mass is 290 g/mol. The van der Waals surface area contributed by atoms with Gasteiger partial charge in [0, 0.05) is 14.0 Å². The minimum Gasteiger partial charge on any atom is -0.392 e. The minimum absolute atomic E-state index is 0.0581. The Morgan fingerprint density at radius 2 is 2.14 bits per heavy atom. The van der Waals surface area contributed by atoms with E-state index in [0.29, 0.717) is 5.88 Å². The fourth-order valence-electron chi connectivity index (χ4n) is 1.35. The molecule has 14 heavy (non-hydrogen) atoms. The summed E-state index contributed by atoms with van der Waals surface area (Å²) in [6.07, 6.45) is 0. The molecule has 0 spiro atoms. The van der Waals surface area contributed by atoms with Gasteiger partial charge in [0.2, 0.25) is 0 Å². The van der Waals surface area contributed by atoms with Crippen molar-refractivity contribution >= 4 is 49.0 Å². The molecule has 0 amide bonds. The highest BCUT2D eigenvalue weighted by Gasteiger charge is 2.05. The number of hydrogen-bond acceptors (Lipinski definition) is 2. The van der Waals surface area contributed by atoms with E-state index in [1.807, 2.05) is 12.1 Å². The van der Waals surface area contributed by atoms with Crippen molar-refractivity contribution in [1.82, 2.24) is 0 Å². The molecule has 74 valence electrons. The maximum atomic E-state index is 9.09. The number of fused-ring (bicyclic) bond motifs is 1. The molecule has 2 rings (SSSR count). The van der Waals surface area contributed by atoms with Crippen LogP contribution in [0.4, 0.5) is 0 Å². The summed E-state index contributed by atoms with van der Waals surface area (Å²) in [4.78, 5) is 1.16. The highest BCUT2D eigenvalue weighted by Crippen LogP contribution is 2.31. The van der Waals surface area contributed by atoms with Gasteiger partial charge in [-0.25, -0.2) is 0 Å². The minimum atomic E-state index is 0.0581.